The van der Waals surface area contributed by atoms with Gasteiger partial charge in [0.1, 0.15) is 24.0 Å². The van der Waals surface area contributed by atoms with Crippen molar-refractivity contribution in [3.05, 3.63) is 67.0 Å². The number of hydrogen-bond acceptors (Lipinski definition) is 3. The Morgan fingerprint density at radius 2 is 1.75 bits per heavy atom. The molecular formula is C18H20N5O+. The van der Waals surface area contributed by atoms with Crippen LogP contribution in [0.4, 0.5) is 11.6 Å². The molecule has 3 heterocycles. The van der Waals surface area contributed by atoms with Gasteiger partial charge in [0.05, 0.1) is 20.0 Å². The van der Waals surface area contributed by atoms with Crippen LogP contribution in [0, 0.1) is 6.92 Å². The molecule has 3 rings (SSSR count). The number of hydrogen-bond donors (Lipinski definition) is 0. The van der Waals surface area contributed by atoms with Crippen molar-refractivity contribution in [3.63, 3.8) is 0 Å². The summed E-state index contributed by atoms with van der Waals surface area (Å²) in [6.45, 7) is 2.64. The largest absolute Gasteiger partial charge is 0.274 e. The minimum Gasteiger partial charge on any atom is -0.274 e. The number of anilines is 2. The zero-order valence-electron chi connectivity index (χ0n) is 13.8. The molecule has 0 radical (unpaired) electrons. The van der Waals surface area contributed by atoms with Crippen LogP contribution in [-0.2, 0) is 18.4 Å². The number of carbonyl (C=O) groups excluding carboxylic acids is 1. The maximum absolute atomic E-state index is 12.9. The monoisotopic (exact) mass is 322 g/mol. The van der Waals surface area contributed by atoms with Crippen LogP contribution in [0.3, 0.4) is 0 Å². The van der Waals surface area contributed by atoms with Crippen molar-refractivity contribution in [2.75, 3.05) is 4.90 Å². The molecule has 3 aromatic rings. The smallest absolute Gasteiger partial charge is 0.253 e. The molecule has 3 aromatic heterocycles. The Morgan fingerprint density at radius 1 is 1.12 bits per heavy atom. The van der Waals surface area contributed by atoms with E-state index in [1.54, 1.807) is 17.3 Å². The van der Waals surface area contributed by atoms with Crippen LogP contribution in [-0.4, -0.2) is 20.4 Å². The SMILES string of the molecule is Cc1n(CCC(=O)N(c2ccccn2)c2ccccn2)cc[n+]1C. The highest BCUT2D eigenvalue weighted by Crippen LogP contribution is 2.22. The number of pyridine rings is 2. The number of carbonyl (C=O) groups is 1. The van der Waals surface area contributed by atoms with Gasteiger partial charge in [-0.1, -0.05) is 12.1 Å². The molecule has 0 unspecified atom stereocenters. The third-order valence-corrected chi connectivity index (χ3v) is 3.97. The predicted octanol–water partition coefficient (Wildman–Crippen LogP) is 2.17. The molecule has 0 aromatic carbocycles. The van der Waals surface area contributed by atoms with Crippen molar-refractivity contribution in [2.45, 2.75) is 19.9 Å². The van der Waals surface area contributed by atoms with Gasteiger partial charge in [0.2, 0.25) is 5.91 Å². The first-order valence-corrected chi connectivity index (χ1v) is 7.83. The fourth-order valence-electron chi connectivity index (χ4n) is 2.51. The molecule has 0 bridgehead atoms. The summed E-state index contributed by atoms with van der Waals surface area (Å²) >= 11 is 0. The second-order valence-electron chi connectivity index (χ2n) is 5.50. The van der Waals surface area contributed by atoms with E-state index >= 15 is 0 Å². The van der Waals surface area contributed by atoms with Crippen LogP contribution >= 0.6 is 0 Å². The number of aromatic nitrogens is 4. The van der Waals surface area contributed by atoms with E-state index in [-0.39, 0.29) is 5.91 Å². The molecule has 0 aliphatic carbocycles. The summed E-state index contributed by atoms with van der Waals surface area (Å²) in [7, 11) is 1.99. The molecule has 0 N–H and O–H groups in total. The summed E-state index contributed by atoms with van der Waals surface area (Å²) in [6, 6.07) is 11.0. The van der Waals surface area contributed by atoms with Gasteiger partial charge < -0.3 is 0 Å². The van der Waals surface area contributed by atoms with E-state index in [1.165, 1.54) is 0 Å². The van der Waals surface area contributed by atoms with Crippen LogP contribution in [0.1, 0.15) is 12.2 Å². The molecule has 24 heavy (non-hydrogen) atoms. The van der Waals surface area contributed by atoms with Crippen molar-refractivity contribution in [3.8, 4) is 0 Å². The number of imidazole rings is 1. The molecule has 0 fully saturated rings. The Balaban J connectivity index is 1.83. The van der Waals surface area contributed by atoms with Gasteiger partial charge in [-0.25, -0.2) is 24.0 Å². The number of rotatable bonds is 5. The van der Waals surface area contributed by atoms with Crippen molar-refractivity contribution in [1.29, 1.82) is 0 Å². The van der Waals surface area contributed by atoms with Crippen molar-refractivity contribution in [2.24, 2.45) is 7.05 Å². The molecule has 0 aliphatic rings. The van der Waals surface area contributed by atoms with Crippen LogP contribution in [0.15, 0.2) is 61.2 Å². The summed E-state index contributed by atoms with van der Waals surface area (Å²) in [6.07, 6.45) is 7.68. The Hall–Kier alpha value is -3.02. The van der Waals surface area contributed by atoms with Gasteiger partial charge in [0, 0.05) is 19.3 Å². The fraction of sp³-hybridized carbons (Fsp3) is 0.222. The van der Waals surface area contributed by atoms with E-state index in [2.05, 4.69) is 14.5 Å². The van der Waals surface area contributed by atoms with Gasteiger partial charge in [0.15, 0.2) is 0 Å². The zero-order valence-corrected chi connectivity index (χ0v) is 13.8. The lowest BCUT2D eigenvalue weighted by Gasteiger charge is -2.20. The highest BCUT2D eigenvalue weighted by molar-refractivity contribution is 5.98. The van der Waals surface area contributed by atoms with Gasteiger partial charge in [-0.2, -0.15) is 0 Å². The third kappa shape index (κ3) is 3.32. The molecule has 0 aliphatic heterocycles. The molecule has 0 atom stereocenters. The van der Waals surface area contributed by atoms with Crippen LogP contribution in [0.2, 0.25) is 0 Å². The molecule has 0 saturated heterocycles. The summed E-state index contributed by atoms with van der Waals surface area (Å²) in [5.41, 5.74) is 0. The lowest BCUT2D eigenvalue weighted by Crippen LogP contribution is -2.31. The maximum Gasteiger partial charge on any atom is 0.253 e. The van der Waals surface area contributed by atoms with E-state index in [0.29, 0.717) is 24.6 Å². The second-order valence-corrected chi connectivity index (χ2v) is 5.50. The fourth-order valence-corrected chi connectivity index (χ4v) is 2.51. The Morgan fingerprint density at radius 3 is 2.21 bits per heavy atom. The van der Waals surface area contributed by atoms with Crippen molar-refractivity contribution in [1.82, 2.24) is 14.5 Å². The lowest BCUT2D eigenvalue weighted by atomic mass is 10.3. The lowest BCUT2D eigenvalue weighted by molar-refractivity contribution is -0.677. The van der Waals surface area contributed by atoms with Gasteiger partial charge in [-0.15, -0.1) is 0 Å². The first kappa shape index (κ1) is 15.9. The molecule has 1 amide bonds. The summed E-state index contributed by atoms with van der Waals surface area (Å²) < 4.78 is 4.09. The minimum absolute atomic E-state index is 0.0387. The topological polar surface area (TPSA) is 54.9 Å². The average Bonchev–Trinajstić information content (AvgIpc) is 2.94. The number of aryl methyl sites for hydroxylation is 2. The predicted molar refractivity (Wildman–Crippen MR) is 90.6 cm³/mol. The average molecular weight is 322 g/mol. The maximum atomic E-state index is 12.9. The summed E-state index contributed by atoms with van der Waals surface area (Å²) in [4.78, 5) is 23.0. The van der Waals surface area contributed by atoms with Gasteiger partial charge in [-0.3, -0.25) is 4.79 Å². The first-order chi connectivity index (χ1) is 11.7. The molecule has 6 heteroatoms. The minimum atomic E-state index is -0.0387. The van der Waals surface area contributed by atoms with Crippen LogP contribution in [0.25, 0.3) is 0 Å². The highest BCUT2D eigenvalue weighted by atomic mass is 16.2. The summed E-state index contributed by atoms with van der Waals surface area (Å²) in [5, 5.41) is 0. The molecule has 0 saturated carbocycles. The second kappa shape index (κ2) is 7.04. The van der Waals surface area contributed by atoms with Crippen molar-refractivity contribution >= 4 is 17.5 Å². The van der Waals surface area contributed by atoms with Crippen LogP contribution in [0.5, 0.6) is 0 Å². The molecular weight excluding hydrogens is 302 g/mol. The van der Waals surface area contributed by atoms with E-state index < -0.39 is 0 Å². The van der Waals surface area contributed by atoms with Crippen molar-refractivity contribution < 1.29 is 9.36 Å². The van der Waals surface area contributed by atoms with Gasteiger partial charge in [-0.05, 0) is 24.3 Å². The third-order valence-electron chi connectivity index (χ3n) is 3.97. The molecule has 0 spiro atoms. The zero-order chi connectivity index (χ0) is 16.9. The molecule has 6 nitrogen and oxygen atoms in total. The Kier molecular flexibility index (Phi) is 4.65. The normalized spacial score (nSPS) is 10.6. The van der Waals surface area contributed by atoms with E-state index in [0.717, 1.165) is 5.82 Å². The first-order valence-electron chi connectivity index (χ1n) is 7.83. The van der Waals surface area contributed by atoms with E-state index in [1.807, 2.05) is 67.3 Å². The Labute approximate surface area is 141 Å². The summed E-state index contributed by atoms with van der Waals surface area (Å²) in [5.74, 6) is 2.22. The molecule has 122 valence electrons. The van der Waals surface area contributed by atoms with Gasteiger partial charge in [0.25, 0.3) is 5.82 Å². The Bertz CT molecular complexity index is 774. The number of nitrogens with zero attached hydrogens (tertiary/aromatic N) is 5. The van der Waals surface area contributed by atoms with E-state index in [9.17, 15) is 4.79 Å². The van der Waals surface area contributed by atoms with Gasteiger partial charge >= 0.3 is 0 Å². The van der Waals surface area contributed by atoms with Crippen LogP contribution < -0.4 is 9.47 Å². The quantitative estimate of drug-likeness (QED) is 0.677. The standard InChI is InChI=1S/C18H20N5O/c1-15-21(2)13-14-22(15)12-9-18(24)23(16-7-3-5-10-19-16)17-8-4-6-11-20-17/h3-8,10-11,13-14H,9,12H2,1-2H3/q+1. The number of amides is 1. The van der Waals surface area contributed by atoms with E-state index in [4.69, 9.17) is 0 Å². The highest BCUT2D eigenvalue weighted by Gasteiger charge is 2.21.